The van der Waals surface area contributed by atoms with E-state index in [1.54, 1.807) is 6.92 Å². The van der Waals surface area contributed by atoms with Crippen LogP contribution in [-0.2, 0) is 14.4 Å². The highest BCUT2D eigenvalue weighted by molar-refractivity contribution is 6.04. The van der Waals surface area contributed by atoms with Crippen LogP contribution in [0.4, 0.5) is 0 Å². The van der Waals surface area contributed by atoms with Gasteiger partial charge in [0.25, 0.3) is 0 Å². The van der Waals surface area contributed by atoms with Crippen LogP contribution in [0.3, 0.4) is 0 Å². The van der Waals surface area contributed by atoms with Crippen LogP contribution >= 0.6 is 0 Å². The number of nitrogens with zero attached hydrogens (tertiary/aromatic N) is 1. The molecular weight excluding hydrogens is 246 g/mol. The topological polar surface area (TPSA) is 92.5 Å². The second kappa shape index (κ2) is 6.65. The predicted octanol–water partition coefficient (Wildman–Crippen LogP) is -0.129. The van der Waals surface area contributed by atoms with Gasteiger partial charge in [0.2, 0.25) is 17.7 Å². The Kier molecular flexibility index (Phi) is 5.47. The molecule has 0 aromatic rings. The maximum atomic E-state index is 12.2. The van der Waals surface area contributed by atoms with E-state index in [1.807, 2.05) is 0 Å². The largest absolute Gasteiger partial charge is 0.330 e. The molecule has 1 fully saturated rings. The van der Waals surface area contributed by atoms with Crippen LogP contribution in [0.5, 0.6) is 0 Å². The van der Waals surface area contributed by atoms with Crippen molar-refractivity contribution in [2.75, 3.05) is 13.1 Å². The molecular formula is C13H23N3O3. The molecule has 1 aliphatic rings. The lowest BCUT2D eigenvalue weighted by Gasteiger charge is -2.32. The number of nitrogens with two attached hydrogens (primary N) is 1. The fourth-order valence-corrected chi connectivity index (χ4v) is 2.31. The smallest absolute Gasteiger partial charge is 0.249 e. The molecule has 0 spiro atoms. The maximum Gasteiger partial charge on any atom is 0.249 e. The number of hydrogen-bond acceptors (Lipinski definition) is 4. The standard InChI is InChI=1S/C13H23N3O3/c1-8(2)4-10(6-14)5-12(18)16-7-11(17)15-13(19)9(16)3/h8-10H,4-7,14H2,1-3H3,(H,15,17,19). The van der Waals surface area contributed by atoms with Crippen LogP contribution in [-0.4, -0.2) is 41.8 Å². The third kappa shape index (κ3) is 4.31. The lowest BCUT2D eigenvalue weighted by atomic mass is 9.93. The van der Waals surface area contributed by atoms with Gasteiger partial charge in [0, 0.05) is 6.42 Å². The first-order valence-corrected chi connectivity index (χ1v) is 6.68. The molecule has 2 atom stereocenters. The van der Waals surface area contributed by atoms with Gasteiger partial charge in [-0.15, -0.1) is 0 Å². The van der Waals surface area contributed by atoms with Gasteiger partial charge in [0.15, 0.2) is 0 Å². The summed E-state index contributed by atoms with van der Waals surface area (Å²) in [7, 11) is 0. The van der Waals surface area contributed by atoms with Gasteiger partial charge in [-0.1, -0.05) is 13.8 Å². The van der Waals surface area contributed by atoms with E-state index in [9.17, 15) is 14.4 Å². The van der Waals surface area contributed by atoms with Gasteiger partial charge in [0.1, 0.15) is 12.6 Å². The van der Waals surface area contributed by atoms with Crippen LogP contribution in [0.2, 0.25) is 0 Å². The molecule has 1 rings (SSSR count). The van der Waals surface area contributed by atoms with Gasteiger partial charge in [0.05, 0.1) is 0 Å². The van der Waals surface area contributed by atoms with Crippen molar-refractivity contribution in [2.24, 2.45) is 17.6 Å². The molecule has 3 amide bonds. The van der Waals surface area contributed by atoms with E-state index in [-0.39, 0.29) is 18.4 Å². The Morgan fingerprint density at radius 1 is 1.47 bits per heavy atom. The Bertz CT molecular complexity index is 368. The van der Waals surface area contributed by atoms with Crippen LogP contribution in [0.1, 0.15) is 33.6 Å². The Balaban J connectivity index is 2.65. The molecule has 0 aromatic carbocycles. The number of piperazine rings is 1. The lowest BCUT2D eigenvalue weighted by Crippen LogP contribution is -2.58. The maximum absolute atomic E-state index is 12.2. The molecule has 0 aromatic heterocycles. The first-order valence-electron chi connectivity index (χ1n) is 6.68. The third-order valence-electron chi connectivity index (χ3n) is 3.35. The van der Waals surface area contributed by atoms with E-state index < -0.39 is 17.9 Å². The van der Waals surface area contributed by atoms with Crippen molar-refractivity contribution in [1.82, 2.24) is 10.2 Å². The summed E-state index contributed by atoms with van der Waals surface area (Å²) in [5.41, 5.74) is 5.67. The van der Waals surface area contributed by atoms with E-state index in [0.717, 1.165) is 6.42 Å². The molecule has 0 bridgehead atoms. The second-order valence-electron chi connectivity index (χ2n) is 5.55. The van der Waals surface area contributed by atoms with Gasteiger partial charge >= 0.3 is 0 Å². The summed E-state index contributed by atoms with van der Waals surface area (Å²) in [6.45, 7) is 6.16. The molecule has 0 saturated carbocycles. The van der Waals surface area contributed by atoms with Gasteiger partial charge in [-0.2, -0.15) is 0 Å². The molecule has 0 aliphatic carbocycles. The Hall–Kier alpha value is -1.43. The number of rotatable bonds is 5. The fraction of sp³-hybridized carbons (Fsp3) is 0.769. The summed E-state index contributed by atoms with van der Waals surface area (Å²) in [4.78, 5) is 36.3. The second-order valence-corrected chi connectivity index (χ2v) is 5.55. The number of amides is 3. The first-order chi connectivity index (χ1) is 8.85. The summed E-state index contributed by atoms with van der Waals surface area (Å²) >= 11 is 0. The van der Waals surface area contributed by atoms with Crippen LogP contribution in [0.25, 0.3) is 0 Å². The number of hydrogen-bond donors (Lipinski definition) is 2. The van der Waals surface area contributed by atoms with E-state index in [2.05, 4.69) is 19.2 Å². The summed E-state index contributed by atoms with van der Waals surface area (Å²) in [5, 5.41) is 2.22. The zero-order valence-corrected chi connectivity index (χ0v) is 11.8. The summed E-state index contributed by atoms with van der Waals surface area (Å²) in [6, 6.07) is -0.595. The monoisotopic (exact) mass is 269 g/mol. The van der Waals surface area contributed by atoms with Crippen LogP contribution < -0.4 is 11.1 Å². The minimum Gasteiger partial charge on any atom is -0.330 e. The predicted molar refractivity (Wildman–Crippen MR) is 70.9 cm³/mol. The van der Waals surface area contributed by atoms with Crippen molar-refractivity contribution in [3.63, 3.8) is 0 Å². The molecule has 2 unspecified atom stereocenters. The summed E-state index contributed by atoms with van der Waals surface area (Å²) in [5.74, 6) is -0.459. The highest BCUT2D eigenvalue weighted by atomic mass is 16.2. The molecule has 6 heteroatoms. The van der Waals surface area contributed by atoms with Gasteiger partial charge in [-0.05, 0) is 31.7 Å². The Labute approximate surface area is 113 Å². The quantitative estimate of drug-likeness (QED) is 0.680. The number of imide groups is 1. The first kappa shape index (κ1) is 15.6. The zero-order valence-electron chi connectivity index (χ0n) is 11.8. The van der Waals surface area contributed by atoms with Crippen LogP contribution in [0, 0.1) is 11.8 Å². The van der Waals surface area contributed by atoms with Crippen molar-refractivity contribution in [3.05, 3.63) is 0 Å². The normalized spacial score (nSPS) is 21.5. The SMILES string of the molecule is CC(C)CC(CN)CC(=O)N1CC(=O)NC(=O)C1C. The minimum atomic E-state index is -0.595. The average Bonchev–Trinajstić information content (AvgIpc) is 2.32. The summed E-state index contributed by atoms with van der Waals surface area (Å²) < 4.78 is 0. The Morgan fingerprint density at radius 2 is 2.11 bits per heavy atom. The number of carbonyl (C=O) groups excluding carboxylic acids is 3. The molecule has 1 heterocycles. The number of carbonyl (C=O) groups is 3. The Morgan fingerprint density at radius 3 is 2.63 bits per heavy atom. The summed E-state index contributed by atoms with van der Waals surface area (Å²) in [6.07, 6.45) is 1.16. The molecule has 3 N–H and O–H groups in total. The molecule has 6 nitrogen and oxygen atoms in total. The molecule has 108 valence electrons. The minimum absolute atomic E-state index is 0.0509. The lowest BCUT2D eigenvalue weighted by molar-refractivity contribution is -0.149. The number of nitrogens with one attached hydrogen (secondary N) is 1. The zero-order chi connectivity index (χ0) is 14.6. The molecule has 0 radical (unpaired) electrons. The van der Waals surface area contributed by atoms with Crippen LogP contribution in [0.15, 0.2) is 0 Å². The van der Waals surface area contributed by atoms with Crippen molar-refractivity contribution < 1.29 is 14.4 Å². The van der Waals surface area contributed by atoms with Gasteiger partial charge < -0.3 is 10.6 Å². The third-order valence-corrected chi connectivity index (χ3v) is 3.35. The van der Waals surface area contributed by atoms with Crippen molar-refractivity contribution >= 4 is 17.7 Å². The fourth-order valence-electron chi connectivity index (χ4n) is 2.31. The van der Waals surface area contributed by atoms with E-state index in [1.165, 1.54) is 4.90 Å². The highest BCUT2D eigenvalue weighted by Gasteiger charge is 2.34. The van der Waals surface area contributed by atoms with Gasteiger partial charge in [-0.25, -0.2) is 0 Å². The average molecular weight is 269 g/mol. The van der Waals surface area contributed by atoms with Gasteiger partial charge in [-0.3, -0.25) is 19.7 Å². The molecule has 1 saturated heterocycles. The molecule has 1 aliphatic heterocycles. The van der Waals surface area contributed by atoms with Crippen molar-refractivity contribution in [3.8, 4) is 0 Å². The van der Waals surface area contributed by atoms with Crippen molar-refractivity contribution in [2.45, 2.75) is 39.7 Å². The molecule has 19 heavy (non-hydrogen) atoms. The van der Waals surface area contributed by atoms with E-state index in [4.69, 9.17) is 5.73 Å². The van der Waals surface area contributed by atoms with E-state index in [0.29, 0.717) is 18.9 Å². The highest BCUT2D eigenvalue weighted by Crippen LogP contribution is 2.17. The van der Waals surface area contributed by atoms with E-state index >= 15 is 0 Å². The van der Waals surface area contributed by atoms with Crippen molar-refractivity contribution in [1.29, 1.82) is 0 Å².